The molecule has 0 saturated carbocycles. The fourth-order valence-electron chi connectivity index (χ4n) is 0.421. The standard InChI is InChI=1S/C5H11NO2.I2/c6-4-2-1-3-5(7)8;1-2/h1-4,6H2,(H,7,8);. The maximum atomic E-state index is 9.83. The van der Waals surface area contributed by atoms with Crippen molar-refractivity contribution in [3.8, 4) is 0 Å². The zero-order valence-electron chi connectivity index (χ0n) is 5.52. The number of carbonyl (C=O) groups is 1. The molecule has 0 bridgehead atoms. The molecule has 0 aliphatic heterocycles. The molecular weight excluding hydrogens is 360 g/mol. The van der Waals surface area contributed by atoms with Crippen molar-refractivity contribution in [1.82, 2.24) is 0 Å². The van der Waals surface area contributed by atoms with Crippen molar-refractivity contribution >= 4 is 43.2 Å². The Morgan fingerprint density at radius 2 is 1.90 bits per heavy atom. The average molecular weight is 371 g/mol. The second-order valence-electron chi connectivity index (χ2n) is 1.64. The van der Waals surface area contributed by atoms with Gasteiger partial charge in [-0.2, -0.15) is 0 Å². The number of hydrogen-bond acceptors (Lipinski definition) is 2. The Hall–Kier alpha value is 0.890. The predicted molar refractivity (Wildman–Crippen MR) is 58.6 cm³/mol. The number of halogens is 2. The minimum Gasteiger partial charge on any atom is -0.481 e. The highest BCUT2D eigenvalue weighted by Gasteiger charge is 1.92. The molecule has 3 nitrogen and oxygen atoms in total. The predicted octanol–water partition coefficient (Wildman–Crippen LogP) is 1.97. The van der Waals surface area contributed by atoms with E-state index >= 15 is 0 Å². The van der Waals surface area contributed by atoms with Crippen LogP contribution in [0.25, 0.3) is 0 Å². The van der Waals surface area contributed by atoms with Crippen LogP contribution in [0.4, 0.5) is 0 Å². The lowest BCUT2D eigenvalue weighted by Crippen LogP contribution is -2.00. The van der Waals surface area contributed by atoms with Crippen LogP contribution in [0.1, 0.15) is 19.3 Å². The van der Waals surface area contributed by atoms with E-state index in [-0.39, 0.29) is 6.42 Å². The van der Waals surface area contributed by atoms with Gasteiger partial charge in [-0.25, -0.2) is 0 Å². The van der Waals surface area contributed by atoms with Gasteiger partial charge in [0.15, 0.2) is 0 Å². The van der Waals surface area contributed by atoms with Crippen LogP contribution in [0, 0.1) is 0 Å². The fourth-order valence-corrected chi connectivity index (χ4v) is 0.421. The Labute approximate surface area is 84.1 Å². The van der Waals surface area contributed by atoms with E-state index in [9.17, 15) is 4.79 Å². The van der Waals surface area contributed by atoms with Crippen LogP contribution in [0.15, 0.2) is 0 Å². The van der Waals surface area contributed by atoms with E-state index in [2.05, 4.69) is 37.2 Å². The molecule has 0 aromatic carbocycles. The van der Waals surface area contributed by atoms with Gasteiger partial charge in [0.25, 0.3) is 0 Å². The van der Waals surface area contributed by atoms with E-state index in [4.69, 9.17) is 10.8 Å². The molecule has 10 heavy (non-hydrogen) atoms. The van der Waals surface area contributed by atoms with Gasteiger partial charge in [-0.1, -0.05) is 0 Å². The molecule has 0 atom stereocenters. The van der Waals surface area contributed by atoms with Gasteiger partial charge in [-0.15, -0.1) is 0 Å². The maximum absolute atomic E-state index is 9.83. The third-order valence-corrected chi connectivity index (χ3v) is 0.845. The van der Waals surface area contributed by atoms with Crippen LogP contribution in [0.3, 0.4) is 0 Å². The molecule has 0 aliphatic carbocycles. The molecule has 0 heterocycles. The fraction of sp³-hybridized carbons (Fsp3) is 0.800. The van der Waals surface area contributed by atoms with Crippen molar-refractivity contribution in [2.75, 3.05) is 6.54 Å². The summed E-state index contributed by atoms with van der Waals surface area (Å²) in [6.45, 7) is 0.591. The number of hydrogen-bond donors (Lipinski definition) is 2. The molecule has 0 rings (SSSR count). The Kier molecular flexibility index (Phi) is 16.9. The van der Waals surface area contributed by atoms with Crippen molar-refractivity contribution < 1.29 is 9.90 Å². The van der Waals surface area contributed by atoms with E-state index in [1.165, 1.54) is 0 Å². The molecule has 0 unspecified atom stereocenters. The molecule has 0 aromatic heterocycles. The van der Waals surface area contributed by atoms with Crippen molar-refractivity contribution in [1.29, 1.82) is 0 Å². The smallest absolute Gasteiger partial charge is 0.303 e. The average Bonchev–Trinajstić information content (AvgIpc) is 1.92. The monoisotopic (exact) mass is 371 g/mol. The number of nitrogens with two attached hydrogens (primary N) is 1. The van der Waals surface area contributed by atoms with Crippen molar-refractivity contribution in [3.05, 3.63) is 0 Å². The van der Waals surface area contributed by atoms with E-state index in [1.54, 1.807) is 0 Å². The van der Waals surface area contributed by atoms with Crippen molar-refractivity contribution in [3.63, 3.8) is 0 Å². The van der Waals surface area contributed by atoms with Gasteiger partial charge in [0, 0.05) is 43.7 Å². The Bertz CT molecular complexity index is 80.0. The van der Waals surface area contributed by atoms with Gasteiger partial charge in [0.2, 0.25) is 0 Å². The normalized spacial score (nSPS) is 7.90. The zero-order valence-corrected chi connectivity index (χ0v) is 9.83. The van der Waals surface area contributed by atoms with E-state index in [0.717, 1.165) is 6.42 Å². The maximum Gasteiger partial charge on any atom is 0.303 e. The first-order chi connectivity index (χ1) is 4.77. The van der Waals surface area contributed by atoms with Gasteiger partial charge in [0.1, 0.15) is 0 Å². The van der Waals surface area contributed by atoms with Crippen LogP contribution >= 0.6 is 37.2 Å². The summed E-state index contributed by atoms with van der Waals surface area (Å²) in [4.78, 5) is 9.83. The zero-order chi connectivity index (χ0) is 8.41. The first-order valence-corrected chi connectivity index (χ1v) is 9.12. The van der Waals surface area contributed by atoms with Crippen LogP contribution in [0.2, 0.25) is 0 Å². The lowest BCUT2D eigenvalue weighted by atomic mass is 10.2. The lowest BCUT2D eigenvalue weighted by molar-refractivity contribution is -0.137. The highest BCUT2D eigenvalue weighted by molar-refractivity contribution is 15.0. The summed E-state index contributed by atoms with van der Waals surface area (Å²) in [6, 6.07) is 0. The molecule has 5 heteroatoms. The van der Waals surface area contributed by atoms with Gasteiger partial charge in [-0.05, 0) is 19.4 Å². The molecule has 0 aromatic rings. The number of carboxylic acid groups (broad SMARTS) is 1. The van der Waals surface area contributed by atoms with Gasteiger partial charge >= 0.3 is 5.97 Å². The summed E-state index contributed by atoms with van der Waals surface area (Å²) >= 11 is 4.24. The highest BCUT2D eigenvalue weighted by Crippen LogP contribution is 1.91. The largest absolute Gasteiger partial charge is 0.481 e. The molecule has 0 aliphatic rings. The van der Waals surface area contributed by atoms with Crippen LogP contribution in [-0.4, -0.2) is 17.6 Å². The molecule has 62 valence electrons. The SMILES string of the molecule is II.NCCCCC(=O)O. The highest BCUT2D eigenvalue weighted by atomic mass is 128. The molecule has 0 fully saturated rings. The quantitative estimate of drug-likeness (QED) is 0.587. The molecule has 0 spiro atoms. The van der Waals surface area contributed by atoms with Crippen molar-refractivity contribution in [2.45, 2.75) is 19.3 Å². The van der Waals surface area contributed by atoms with Gasteiger partial charge < -0.3 is 10.8 Å². The second kappa shape index (κ2) is 12.6. The number of carboxylic acids is 1. The van der Waals surface area contributed by atoms with Crippen LogP contribution in [-0.2, 0) is 4.79 Å². The topological polar surface area (TPSA) is 63.3 Å². The molecule has 0 radical (unpaired) electrons. The van der Waals surface area contributed by atoms with E-state index in [0.29, 0.717) is 13.0 Å². The third kappa shape index (κ3) is 16.0. The first kappa shape index (κ1) is 13.5. The minimum absolute atomic E-state index is 0.247. The van der Waals surface area contributed by atoms with Crippen LogP contribution in [0.5, 0.6) is 0 Å². The Morgan fingerprint density at radius 3 is 2.20 bits per heavy atom. The summed E-state index contributed by atoms with van der Waals surface area (Å²) in [5, 5.41) is 8.10. The van der Waals surface area contributed by atoms with Gasteiger partial charge in [0.05, 0.1) is 0 Å². The number of rotatable bonds is 4. The summed E-state index contributed by atoms with van der Waals surface area (Å²) in [5.41, 5.74) is 5.12. The Morgan fingerprint density at radius 1 is 1.40 bits per heavy atom. The third-order valence-electron chi connectivity index (χ3n) is 0.845. The van der Waals surface area contributed by atoms with E-state index in [1.807, 2.05) is 0 Å². The van der Waals surface area contributed by atoms with Crippen molar-refractivity contribution in [2.24, 2.45) is 5.73 Å². The molecule has 0 amide bonds. The number of unbranched alkanes of at least 4 members (excludes halogenated alkanes) is 1. The van der Waals surface area contributed by atoms with E-state index < -0.39 is 5.97 Å². The lowest BCUT2D eigenvalue weighted by Gasteiger charge is -1.90. The number of aliphatic carboxylic acids is 1. The van der Waals surface area contributed by atoms with Crippen LogP contribution < -0.4 is 5.73 Å². The summed E-state index contributed by atoms with van der Waals surface area (Å²) in [5.74, 6) is -0.738. The second-order valence-corrected chi connectivity index (χ2v) is 1.64. The minimum atomic E-state index is -0.738. The molecule has 0 saturated heterocycles. The summed E-state index contributed by atoms with van der Waals surface area (Å²) in [6.07, 6.45) is 1.76. The molecular formula is C5H11I2NO2. The Balaban J connectivity index is 0. The summed E-state index contributed by atoms with van der Waals surface area (Å²) < 4.78 is 0. The first-order valence-electron chi connectivity index (χ1n) is 2.83. The van der Waals surface area contributed by atoms with Gasteiger partial charge in [-0.3, -0.25) is 4.79 Å². The molecule has 3 N–H and O–H groups in total. The summed E-state index contributed by atoms with van der Waals surface area (Å²) in [7, 11) is 0.